The van der Waals surface area contributed by atoms with Crippen LogP contribution in [0, 0.1) is 30.6 Å². The standard InChI is InChI=1S/C17H16ClNO3/c1-8-4-12(6-11(7-18)15(8)20)19-16(21)13-9-2-3-10(5-9)14(13)17(19)22/h2-4,6,9-10,13-14,20H,5,7H2,1H3. The third-order valence-electron chi connectivity index (χ3n) is 5.24. The molecule has 2 amide bonds. The van der Waals surface area contributed by atoms with E-state index < -0.39 is 0 Å². The molecule has 2 bridgehead atoms. The van der Waals surface area contributed by atoms with E-state index in [-0.39, 0.29) is 47.1 Å². The van der Waals surface area contributed by atoms with Gasteiger partial charge in [-0.15, -0.1) is 11.6 Å². The van der Waals surface area contributed by atoms with Gasteiger partial charge in [-0.25, -0.2) is 4.90 Å². The summed E-state index contributed by atoms with van der Waals surface area (Å²) in [5.74, 6) is 0.00211. The van der Waals surface area contributed by atoms with Gasteiger partial charge in [0.05, 0.1) is 23.4 Å². The molecular weight excluding hydrogens is 302 g/mol. The summed E-state index contributed by atoms with van der Waals surface area (Å²) in [6.45, 7) is 1.74. The second-order valence-electron chi connectivity index (χ2n) is 6.42. The quantitative estimate of drug-likeness (QED) is 0.518. The molecule has 4 nitrogen and oxygen atoms in total. The van der Waals surface area contributed by atoms with Crippen molar-refractivity contribution in [3.8, 4) is 5.75 Å². The van der Waals surface area contributed by atoms with Crippen LogP contribution in [-0.4, -0.2) is 16.9 Å². The number of carbonyl (C=O) groups is 2. The lowest BCUT2D eigenvalue weighted by Gasteiger charge is -2.19. The number of rotatable bonds is 2. The number of alkyl halides is 1. The zero-order valence-corrected chi connectivity index (χ0v) is 12.9. The van der Waals surface area contributed by atoms with Crippen LogP contribution < -0.4 is 4.90 Å². The molecule has 3 aliphatic rings. The van der Waals surface area contributed by atoms with Crippen molar-refractivity contribution in [2.24, 2.45) is 23.7 Å². The maximum atomic E-state index is 12.8. The van der Waals surface area contributed by atoms with Gasteiger partial charge >= 0.3 is 0 Å². The van der Waals surface area contributed by atoms with Crippen LogP contribution in [0.15, 0.2) is 24.3 Å². The van der Waals surface area contributed by atoms with Crippen molar-refractivity contribution >= 4 is 29.1 Å². The van der Waals surface area contributed by atoms with Crippen molar-refractivity contribution in [2.75, 3.05) is 4.90 Å². The van der Waals surface area contributed by atoms with Gasteiger partial charge in [0.1, 0.15) is 5.75 Å². The van der Waals surface area contributed by atoms with Crippen LogP contribution in [0.1, 0.15) is 17.5 Å². The third-order valence-corrected chi connectivity index (χ3v) is 5.52. The van der Waals surface area contributed by atoms with E-state index in [9.17, 15) is 14.7 Å². The first-order valence-corrected chi connectivity index (χ1v) is 8.01. The van der Waals surface area contributed by atoms with Crippen LogP contribution in [0.25, 0.3) is 0 Å². The molecule has 0 aromatic heterocycles. The van der Waals surface area contributed by atoms with Gasteiger partial charge in [0.25, 0.3) is 0 Å². The molecule has 2 aliphatic carbocycles. The Bertz CT molecular complexity index is 697. The molecule has 4 rings (SSSR count). The Balaban J connectivity index is 1.77. The van der Waals surface area contributed by atoms with Gasteiger partial charge < -0.3 is 5.11 Å². The summed E-state index contributed by atoms with van der Waals surface area (Å²) in [7, 11) is 0. The van der Waals surface area contributed by atoms with Gasteiger partial charge in [0.2, 0.25) is 11.8 Å². The minimum absolute atomic E-state index is 0.113. The Labute approximate surface area is 133 Å². The fraction of sp³-hybridized carbons (Fsp3) is 0.412. The number of anilines is 1. The highest BCUT2D eigenvalue weighted by atomic mass is 35.5. The van der Waals surface area contributed by atoms with E-state index in [1.807, 2.05) is 0 Å². The van der Waals surface area contributed by atoms with E-state index in [0.29, 0.717) is 16.8 Å². The Morgan fingerprint density at radius 3 is 2.32 bits per heavy atom. The number of aromatic hydroxyl groups is 1. The van der Waals surface area contributed by atoms with Gasteiger partial charge in [-0.05, 0) is 42.9 Å². The molecule has 114 valence electrons. The molecule has 22 heavy (non-hydrogen) atoms. The highest BCUT2D eigenvalue weighted by Gasteiger charge is 2.59. The SMILES string of the molecule is Cc1cc(N2C(=O)C3C4C=CC(C4)C3C2=O)cc(CCl)c1O. The van der Waals surface area contributed by atoms with Gasteiger partial charge in [-0.2, -0.15) is 0 Å². The van der Waals surface area contributed by atoms with Crippen molar-refractivity contribution in [2.45, 2.75) is 19.2 Å². The molecule has 1 aromatic rings. The Morgan fingerprint density at radius 2 is 1.77 bits per heavy atom. The first kappa shape index (κ1) is 13.8. The fourth-order valence-corrected chi connectivity index (χ4v) is 4.42. The topological polar surface area (TPSA) is 57.6 Å². The summed E-state index contributed by atoms with van der Waals surface area (Å²) < 4.78 is 0. The number of phenolic OH excluding ortho intramolecular Hbond substituents is 1. The maximum Gasteiger partial charge on any atom is 0.238 e. The number of benzene rings is 1. The summed E-state index contributed by atoms with van der Waals surface area (Å²) in [5.41, 5.74) is 1.68. The Morgan fingerprint density at radius 1 is 1.18 bits per heavy atom. The second kappa shape index (κ2) is 4.59. The van der Waals surface area contributed by atoms with Crippen molar-refractivity contribution in [3.05, 3.63) is 35.4 Å². The predicted molar refractivity (Wildman–Crippen MR) is 82.6 cm³/mol. The number of carbonyl (C=O) groups excluding carboxylic acids is 2. The number of hydrogen-bond acceptors (Lipinski definition) is 3. The number of nitrogens with zero attached hydrogens (tertiary/aromatic N) is 1. The zero-order chi connectivity index (χ0) is 15.6. The molecule has 1 N–H and O–H groups in total. The maximum absolute atomic E-state index is 12.8. The fourth-order valence-electron chi connectivity index (χ4n) is 4.22. The van der Waals surface area contributed by atoms with E-state index >= 15 is 0 Å². The van der Waals surface area contributed by atoms with E-state index in [2.05, 4.69) is 12.2 Å². The van der Waals surface area contributed by atoms with E-state index in [0.717, 1.165) is 6.42 Å². The number of phenols is 1. The van der Waals surface area contributed by atoms with E-state index in [1.54, 1.807) is 19.1 Å². The summed E-state index contributed by atoms with van der Waals surface area (Å²) in [6.07, 6.45) is 5.07. The summed E-state index contributed by atoms with van der Waals surface area (Å²) >= 11 is 5.85. The van der Waals surface area contributed by atoms with Crippen LogP contribution in [-0.2, 0) is 15.5 Å². The molecule has 1 heterocycles. The molecule has 0 radical (unpaired) electrons. The molecule has 5 heteroatoms. The Kier molecular flexibility index (Phi) is 2.89. The number of allylic oxidation sites excluding steroid dienone is 2. The smallest absolute Gasteiger partial charge is 0.238 e. The summed E-state index contributed by atoms with van der Waals surface area (Å²) in [4.78, 5) is 26.8. The van der Waals surface area contributed by atoms with Gasteiger partial charge in [0, 0.05) is 5.56 Å². The number of halogens is 1. The van der Waals surface area contributed by atoms with Crippen molar-refractivity contribution < 1.29 is 14.7 Å². The zero-order valence-electron chi connectivity index (χ0n) is 12.1. The molecule has 1 aliphatic heterocycles. The normalized spacial score (nSPS) is 32.2. The van der Waals surface area contributed by atoms with Crippen LogP contribution in [0.4, 0.5) is 5.69 Å². The Hall–Kier alpha value is -1.81. The van der Waals surface area contributed by atoms with Crippen LogP contribution in [0.2, 0.25) is 0 Å². The lowest BCUT2D eigenvalue weighted by Crippen LogP contribution is -2.33. The number of fused-ring (bicyclic) bond motifs is 5. The van der Waals surface area contributed by atoms with E-state index in [1.165, 1.54) is 4.90 Å². The van der Waals surface area contributed by atoms with Crippen LogP contribution in [0.5, 0.6) is 5.75 Å². The van der Waals surface area contributed by atoms with E-state index in [4.69, 9.17) is 11.6 Å². The molecule has 4 unspecified atom stereocenters. The number of hydrogen-bond donors (Lipinski definition) is 1. The minimum atomic E-state index is -0.212. The highest BCUT2D eigenvalue weighted by molar-refractivity contribution is 6.23. The average molecular weight is 318 g/mol. The minimum Gasteiger partial charge on any atom is -0.507 e. The largest absolute Gasteiger partial charge is 0.507 e. The number of amides is 2. The van der Waals surface area contributed by atoms with Crippen molar-refractivity contribution in [1.82, 2.24) is 0 Å². The average Bonchev–Trinajstić information content (AvgIpc) is 3.16. The predicted octanol–water partition coefficient (Wildman–Crippen LogP) is 2.75. The highest BCUT2D eigenvalue weighted by Crippen LogP contribution is 2.53. The molecule has 0 spiro atoms. The second-order valence-corrected chi connectivity index (χ2v) is 6.68. The van der Waals surface area contributed by atoms with Gasteiger partial charge in [0.15, 0.2) is 0 Å². The molecular formula is C17H16ClNO3. The first-order chi connectivity index (χ1) is 10.5. The molecule has 4 atom stereocenters. The van der Waals surface area contributed by atoms with Crippen molar-refractivity contribution in [3.63, 3.8) is 0 Å². The third kappa shape index (κ3) is 1.64. The lowest BCUT2D eigenvalue weighted by molar-refractivity contribution is -0.123. The van der Waals surface area contributed by atoms with Crippen LogP contribution >= 0.6 is 11.6 Å². The molecule has 1 saturated heterocycles. The first-order valence-electron chi connectivity index (χ1n) is 7.47. The van der Waals surface area contributed by atoms with Gasteiger partial charge in [-0.1, -0.05) is 12.2 Å². The molecule has 1 aromatic carbocycles. The lowest BCUT2D eigenvalue weighted by atomic mass is 9.85. The summed E-state index contributed by atoms with van der Waals surface area (Å²) in [5, 5.41) is 9.97. The monoisotopic (exact) mass is 317 g/mol. The van der Waals surface area contributed by atoms with Crippen LogP contribution in [0.3, 0.4) is 0 Å². The summed E-state index contributed by atoms with van der Waals surface area (Å²) in [6, 6.07) is 3.32. The number of imide groups is 1. The van der Waals surface area contributed by atoms with Crippen molar-refractivity contribution in [1.29, 1.82) is 0 Å². The van der Waals surface area contributed by atoms with Gasteiger partial charge in [-0.3, -0.25) is 9.59 Å². The molecule has 2 fully saturated rings. The number of aryl methyl sites for hydroxylation is 1. The molecule has 1 saturated carbocycles.